The standard InChI is InChI=1S/C27H39FN6O5S/c1-14(2)31-23(35)17(6)33-24(36)22-16(5)25(34(29-7)30-8)40-26(22)32(27(33)37)13-21(39-15(3)4)19-12-18(28)10-11-20(19)38-9/h10-12,14-15,17,21,29-30H,13H2,1-9H3,(H,31,35)/t17-,21-/m0/s1. The molecular formula is C27H39FN6O5S. The lowest BCUT2D eigenvalue weighted by Gasteiger charge is -2.25. The number of aryl methyl sites for hydroxylation is 1. The summed E-state index contributed by atoms with van der Waals surface area (Å²) in [6.45, 7) is 10.5. The summed E-state index contributed by atoms with van der Waals surface area (Å²) in [5.41, 5.74) is 5.80. The highest BCUT2D eigenvalue weighted by atomic mass is 32.1. The first-order valence-electron chi connectivity index (χ1n) is 13.1. The number of hydrazine groups is 2. The van der Waals surface area contributed by atoms with Gasteiger partial charge in [0, 0.05) is 31.3 Å². The number of anilines is 1. The summed E-state index contributed by atoms with van der Waals surface area (Å²) in [5.74, 6) is -0.543. The van der Waals surface area contributed by atoms with E-state index in [2.05, 4.69) is 16.2 Å². The highest BCUT2D eigenvalue weighted by Gasteiger charge is 2.29. The molecule has 0 aliphatic carbocycles. The third-order valence-electron chi connectivity index (χ3n) is 6.39. The number of carbonyl (C=O) groups is 1. The fraction of sp³-hybridized carbons (Fsp3) is 0.519. The number of carbonyl (C=O) groups excluding carboxylic acids is 1. The first kappa shape index (κ1) is 31.3. The Morgan fingerprint density at radius 3 is 2.33 bits per heavy atom. The Kier molecular flexibility index (Phi) is 10.1. The van der Waals surface area contributed by atoms with Crippen molar-refractivity contribution in [2.75, 3.05) is 26.3 Å². The van der Waals surface area contributed by atoms with Gasteiger partial charge in [0.25, 0.3) is 5.56 Å². The van der Waals surface area contributed by atoms with Crippen LogP contribution in [0, 0.1) is 12.7 Å². The Morgan fingerprint density at radius 1 is 1.12 bits per heavy atom. The fourth-order valence-corrected chi connectivity index (χ4v) is 5.89. The van der Waals surface area contributed by atoms with E-state index in [0.29, 0.717) is 32.1 Å². The molecule has 0 aliphatic heterocycles. The molecule has 3 rings (SSSR count). The molecule has 3 N–H and O–H groups in total. The van der Waals surface area contributed by atoms with Crippen molar-refractivity contribution in [3.63, 3.8) is 0 Å². The zero-order valence-electron chi connectivity index (χ0n) is 24.4. The van der Waals surface area contributed by atoms with Crippen molar-refractivity contribution in [2.24, 2.45) is 0 Å². The van der Waals surface area contributed by atoms with Crippen LogP contribution in [0.4, 0.5) is 9.39 Å². The normalized spacial score (nSPS) is 13.2. The van der Waals surface area contributed by atoms with Crippen LogP contribution in [0.2, 0.25) is 0 Å². The molecule has 220 valence electrons. The molecule has 2 aromatic heterocycles. The molecule has 0 radical (unpaired) electrons. The molecule has 2 atom stereocenters. The molecular weight excluding hydrogens is 539 g/mol. The Morgan fingerprint density at radius 2 is 1.77 bits per heavy atom. The van der Waals surface area contributed by atoms with Crippen molar-refractivity contribution < 1.29 is 18.7 Å². The van der Waals surface area contributed by atoms with E-state index in [1.807, 2.05) is 13.8 Å². The number of benzene rings is 1. The smallest absolute Gasteiger partial charge is 0.332 e. The van der Waals surface area contributed by atoms with Gasteiger partial charge in [0.2, 0.25) is 5.91 Å². The Bertz CT molecular complexity index is 1480. The minimum atomic E-state index is -1.08. The van der Waals surface area contributed by atoms with Gasteiger partial charge in [-0.1, -0.05) is 11.3 Å². The van der Waals surface area contributed by atoms with Gasteiger partial charge in [0.15, 0.2) is 0 Å². The molecule has 40 heavy (non-hydrogen) atoms. The van der Waals surface area contributed by atoms with Crippen LogP contribution in [0.1, 0.15) is 57.9 Å². The molecule has 0 spiro atoms. The minimum Gasteiger partial charge on any atom is -0.496 e. The number of ether oxygens (including phenoxy) is 2. The Balaban J connectivity index is 2.37. The van der Waals surface area contributed by atoms with E-state index in [0.717, 1.165) is 4.57 Å². The van der Waals surface area contributed by atoms with Crippen LogP contribution in [0.3, 0.4) is 0 Å². The summed E-state index contributed by atoms with van der Waals surface area (Å²) in [6, 6.07) is 2.84. The van der Waals surface area contributed by atoms with Crippen molar-refractivity contribution in [2.45, 2.75) is 72.4 Å². The van der Waals surface area contributed by atoms with Crippen LogP contribution in [0.15, 0.2) is 27.8 Å². The van der Waals surface area contributed by atoms with Crippen molar-refractivity contribution in [1.82, 2.24) is 25.3 Å². The van der Waals surface area contributed by atoms with E-state index in [-0.39, 0.29) is 18.7 Å². The summed E-state index contributed by atoms with van der Waals surface area (Å²) in [7, 11) is 4.90. The number of nitrogens with one attached hydrogen (secondary N) is 3. The number of nitrogens with zero attached hydrogens (tertiary/aromatic N) is 3. The van der Waals surface area contributed by atoms with Crippen LogP contribution >= 0.6 is 11.3 Å². The summed E-state index contributed by atoms with van der Waals surface area (Å²) in [5, 5.41) is 5.37. The van der Waals surface area contributed by atoms with Crippen LogP contribution in [-0.4, -0.2) is 48.4 Å². The van der Waals surface area contributed by atoms with E-state index in [1.54, 1.807) is 40.0 Å². The van der Waals surface area contributed by atoms with Crippen LogP contribution in [0.5, 0.6) is 5.75 Å². The topological polar surface area (TPSA) is 119 Å². The lowest BCUT2D eigenvalue weighted by molar-refractivity contribution is -0.124. The maximum absolute atomic E-state index is 14.4. The number of hydrogen-bond donors (Lipinski definition) is 3. The summed E-state index contributed by atoms with van der Waals surface area (Å²) in [4.78, 5) is 41.3. The van der Waals surface area contributed by atoms with Crippen LogP contribution in [0.25, 0.3) is 10.2 Å². The van der Waals surface area contributed by atoms with Gasteiger partial charge in [-0.05, 0) is 59.7 Å². The number of methoxy groups -OCH3 is 1. The van der Waals surface area contributed by atoms with E-state index >= 15 is 0 Å². The van der Waals surface area contributed by atoms with E-state index in [1.165, 1.54) is 48.1 Å². The van der Waals surface area contributed by atoms with Crippen molar-refractivity contribution >= 4 is 32.5 Å². The number of rotatable bonds is 12. The molecule has 1 amide bonds. The van der Waals surface area contributed by atoms with Gasteiger partial charge in [-0.25, -0.2) is 29.7 Å². The lowest BCUT2D eigenvalue weighted by Crippen LogP contribution is -2.47. The minimum absolute atomic E-state index is 0.0649. The predicted octanol–water partition coefficient (Wildman–Crippen LogP) is 3.01. The Hall–Kier alpha value is -3.26. The first-order chi connectivity index (χ1) is 18.9. The van der Waals surface area contributed by atoms with Gasteiger partial charge in [-0.2, -0.15) is 0 Å². The molecule has 0 unspecified atom stereocenters. The van der Waals surface area contributed by atoms with Gasteiger partial charge >= 0.3 is 5.69 Å². The largest absolute Gasteiger partial charge is 0.496 e. The highest BCUT2D eigenvalue weighted by molar-refractivity contribution is 7.22. The number of fused-ring (bicyclic) bond motifs is 1. The number of thiophene rings is 1. The molecule has 3 aromatic rings. The average molecular weight is 579 g/mol. The number of hydrogen-bond acceptors (Lipinski definition) is 9. The Labute approximate surface area is 236 Å². The quantitative estimate of drug-likeness (QED) is 0.281. The molecule has 0 saturated carbocycles. The third-order valence-corrected chi connectivity index (χ3v) is 7.69. The SMILES string of the molecule is CNN(NC)c1sc2c(c1C)c(=O)n([C@@H](C)C(=O)NC(C)C)c(=O)n2C[C@H](OC(C)C)c1cc(F)ccc1OC. The second-order valence-electron chi connectivity index (χ2n) is 9.96. The number of amides is 1. The zero-order valence-corrected chi connectivity index (χ0v) is 25.2. The fourth-order valence-electron chi connectivity index (χ4n) is 4.57. The highest BCUT2D eigenvalue weighted by Crippen LogP contribution is 2.36. The molecule has 0 fully saturated rings. The maximum Gasteiger partial charge on any atom is 0.332 e. The van der Waals surface area contributed by atoms with Gasteiger partial charge < -0.3 is 14.8 Å². The summed E-state index contributed by atoms with van der Waals surface area (Å²) < 4.78 is 28.5. The van der Waals surface area contributed by atoms with Crippen molar-refractivity contribution in [1.29, 1.82) is 0 Å². The molecule has 1 aromatic carbocycles. The van der Waals surface area contributed by atoms with Gasteiger partial charge in [0.1, 0.15) is 33.5 Å². The first-order valence-corrected chi connectivity index (χ1v) is 13.9. The average Bonchev–Trinajstić information content (AvgIpc) is 3.22. The number of aromatic nitrogens is 2. The van der Waals surface area contributed by atoms with Gasteiger partial charge in [0.05, 0.1) is 25.1 Å². The van der Waals surface area contributed by atoms with Gasteiger partial charge in [-0.15, -0.1) is 0 Å². The summed E-state index contributed by atoms with van der Waals surface area (Å²) in [6.07, 6.45) is -1.09. The molecule has 13 heteroatoms. The third kappa shape index (κ3) is 6.22. The zero-order chi connectivity index (χ0) is 29.9. The second-order valence-corrected chi connectivity index (χ2v) is 10.9. The van der Waals surface area contributed by atoms with E-state index in [9.17, 15) is 18.8 Å². The molecule has 0 bridgehead atoms. The maximum atomic E-state index is 14.4. The lowest BCUT2D eigenvalue weighted by atomic mass is 10.1. The second kappa shape index (κ2) is 12.9. The van der Waals surface area contributed by atoms with Crippen molar-refractivity contribution in [3.05, 3.63) is 56.0 Å². The molecule has 0 saturated heterocycles. The monoisotopic (exact) mass is 578 g/mol. The molecule has 2 heterocycles. The van der Waals surface area contributed by atoms with E-state index in [4.69, 9.17) is 9.47 Å². The molecule has 11 nitrogen and oxygen atoms in total. The number of halogens is 1. The van der Waals surface area contributed by atoms with E-state index < -0.39 is 35.1 Å². The van der Waals surface area contributed by atoms with Gasteiger partial charge in [-0.3, -0.25) is 14.2 Å². The van der Waals surface area contributed by atoms with Crippen LogP contribution < -0.4 is 37.3 Å². The summed E-state index contributed by atoms with van der Waals surface area (Å²) >= 11 is 1.23. The van der Waals surface area contributed by atoms with Crippen molar-refractivity contribution in [3.8, 4) is 5.75 Å². The van der Waals surface area contributed by atoms with Crippen LogP contribution in [-0.2, 0) is 16.1 Å². The predicted molar refractivity (Wildman–Crippen MR) is 156 cm³/mol. The molecule has 0 aliphatic rings.